The molecule has 5 heteroatoms. The predicted octanol–water partition coefficient (Wildman–Crippen LogP) is 2.92. The Balaban J connectivity index is 1.66. The normalized spacial score (nSPS) is 21.0. The van der Waals surface area contributed by atoms with E-state index in [1.165, 1.54) is 18.3 Å². The Morgan fingerprint density at radius 2 is 1.96 bits per heavy atom. The molecule has 1 amide bonds. The monoisotopic (exact) mass is 314 g/mol. The third-order valence-electron chi connectivity index (χ3n) is 4.18. The van der Waals surface area contributed by atoms with Gasteiger partial charge in [0.1, 0.15) is 5.82 Å². The fourth-order valence-electron chi connectivity index (χ4n) is 2.84. The molecule has 2 aromatic rings. The highest BCUT2D eigenvalue weighted by atomic mass is 19.1. The Bertz CT molecular complexity index is 680. The van der Waals surface area contributed by atoms with E-state index in [1.54, 1.807) is 24.3 Å². The molecule has 1 aliphatic carbocycles. The van der Waals surface area contributed by atoms with Crippen molar-refractivity contribution < 1.29 is 14.3 Å². The van der Waals surface area contributed by atoms with Crippen molar-refractivity contribution in [2.45, 2.75) is 37.8 Å². The molecule has 1 aromatic heterocycles. The molecule has 120 valence electrons. The number of nitrogens with zero attached hydrogens (tertiary/aromatic N) is 1. The minimum absolute atomic E-state index is 0.105. The maximum Gasteiger partial charge on any atom is 0.253 e. The van der Waals surface area contributed by atoms with E-state index in [0.29, 0.717) is 16.8 Å². The van der Waals surface area contributed by atoms with E-state index in [2.05, 4.69) is 10.3 Å². The molecule has 0 atom stereocenters. The molecule has 1 aliphatic rings. The van der Waals surface area contributed by atoms with Crippen LogP contribution in [0.5, 0.6) is 0 Å². The molecule has 0 unspecified atom stereocenters. The summed E-state index contributed by atoms with van der Waals surface area (Å²) in [6.07, 6.45) is 4.30. The first-order chi connectivity index (χ1) is 11.1. The number of aliphatic hydroxyl groups excluding tert-OH is 1. The van der Waals surface area contributed by atoms with Crippen LogP contribution in [-0.2, 0) is 0 Å². The zero-order valence-electron chi connectivity index (χ0n) is 12.7. The van der Waals surface area contributed by atoms with Crippen LogP contribution in [0.3, 0.4) is 0 Å². The first-order valence-corrected chi connectivity index (χ1v) is 7.83. The van der Waals surface area contributed by atoms with Gasteiger partial charge in [0.2, 0.25) is 0 Å². The molecular formula is C18H19FN2O2. The molecule has 0 aliphatic heterocycles. The smallest absolute Gasteiger partial charge is 0.253 e. The second-order valence-corrected chi connectivity index (χ2v) is 5.92. The Morgan fingerprint density at radius 3 is 2.61 bits per heavy atom. The van der Waals surface area contributed by atoms with Gasteiger partial charge >= 0.3 is 0 Å². The number of rotatable bonds is 3. The molecule has 3 rings (SSSR count). The summed E-state index contributed by atoms with van der Waals surface area (Å²) < 4.78 is 13.2. The highest BCUT2D eigenvalue weighted by Crippen LogP contribution is 2.20. The summed E-state index contributed by atoms with van der Waals surface area (Å²) in [7, 11) is 0. The van der Waals surface area contributed by atoms with E-state index in [9.17, 15) is 14.3 Å². The van der Waals surface area contributed by atoms with Crippen molar-refractivity contribution in [3.8, 4) is 11.3 Å². The zero-order chi connectivity index (χ0) is 16.2. The van der Waals surface area contributed by atoms with Crippen molar-refractivity contribution in [3.05, 3.63) is 54.0 Å². The van der Waals surface area contributed by atoms with Gasteiger partial charge in [-0.25, -0.2) is 4.39 Å². The van der Waals surface area contributed by atoms with Crippen molar-refractivity contribution in [3.63, 3.8) is 0 Å². The maximum atomic E-state index is 13.2. The standard InChI is InChI=1S/C18H19FN2O2/c19-14-3-1-2-12(10-14)17-9-4-13(11-20-17)18(23)21-15-5-7-16(22)8-6-15/h1-4,9-11,15-16,22H,5-8H2,(H,21,23)/t15-,16-. The minimum atomic E-state index is -0.314. The van der Waals surface area contributed by atoms with E-state index < -0.39 is 0 Å². The zero-order valence-corrected chi connectivity index (χ0v) is 12.7. The van der Waals surface area contributed by atoms with Crippen molar-refractivity contribution in [2.24, 2.45) is 0 Å². The quantitative estimate of drug-likeness (QED) is 0.915. The Hall–Kier alpha value is -2.27. The Morgan fingerprint density at radius 1 is 1.17 bits per heavy atom. The molecule has 0 bridgehead atoms. The third kappa shape index (κ3) is 3.93. The summed E-state index contributed by atoms with van der Waals surface area (Å²) in [5, 5.41) is 12.5. The fourth-order valence-corrected chi connectivity index (χ4v) is 2.84. The van der Waals surface area contributed by atoms with E-state index in [0.717, 1.165) is 25.7 Å². The van der Waals surface area contributed by atoms with E-state index in [-0.39, 0.29) is 23.9 Å². The van der Waals surface area contributed by atoms with Gasteiger partial charge in [0.25, 0.3) is 5.91 Å². The first-order valence-electron chi connectivity index (χ1n) is 7.83. The van der Waals surface area contributed by atoms with Crippen LogP contribution >= 0.6 is 0 Å². The third-order valence-corrected chi connectivity index (χ3v) is 4.18. The number of aromatic nitrogens is 1. The number of carbonyl (C=O) groups is 1. The number of aliphatic hydroxyl groups is 1. The maximum absolute atomic E-state index is 13.2. The van der Waals surface area contributed by atoms with Crippen molar-refractivity contribution in [2.75, 3.05) is 0 Å². The van der Waals surface area contributed by atoms with E-state index in [4.69, 9.17) is 0 Å². The van der Waals surface area contributed by atoms with Crippen LogP contribution in [0.25, 0.3) is 11.3 Å². The highest BCUT2D eigenvalue weighted by molar-refractivity contribution is 5.94. The summed E-state index contributed by atoms with van der Waals surface area (Å²) in [6, 6.07) is 9.72. The number of hydrogen-bond donors (Lipinski definition) is 2. The number of pyridine rings is 1. The average molecular weight is 314 g/mol. The van der Waals surface area contributed by atoms with E-state index >= 15 is 0 Å². The first kappa shape index (κ1) is 15.6. The molecule has 1 aromatic carbocycles. The molecule has 23 heavy (non-hydrogen) atoms. The molecule has 1 saturated carbocycles. The van der Waals surface area contributed by atoms with Crippen molar-refractivity contribution in [1.29, 1.82) is 0 Å². The summed E-state index contributed by atoms with van der Waals surface area (Å²) in [6.45, 7) is 0. The molecule has 0 radical (unpaired) electrons. The van der Waals surface area contributed by atoms with Gasteiger partial charge in [0, 0.05) is 17.8 Å². The molecule has 1 fully saturated rings. The molecule has 1 heterocycles. The van der Waals surface area contributed by atoms with Gasteiger partial charge in [0.05, 0.1) is 17.4 Å². The van der Waals surface area contributed by atoms with Crippen LogP contribution in [0, 0.1) is 5.82 Å². The van der Waals surface area contributed by atoms with Crippen LogP contribution in [0.2, 0.25) is 0 Å². The summed E-state index contributed by atoms with van der Waals surface area (Å²) >= 11 is 0. The van der Waals surface area contributed by atoms with Gasteiger partial charge in [-0.1, -0.05) is 12.1 Å². The number of carbonyl (C=O) groups excluding carboxylic acids is 1. The van der Waals surface area contributed by atoms with Crippen LogP contribution in [0.15, 0.2) is 42.6 Å². The lowest BCUT2D eigenvalue weighted by atomic mass is 9.93. The summed E-state index contributed by atoms with van der Waals surface area (Å²) in [5.74, 6) is -0.477. The second kappa shape index (κ2) is 6.87. The van der Waals surface area contributed by atoms with E-state index in [1.807, 2.05) is 0 Å². The van der Waals surface area contributed by atoms with Gasteiger partial charge in [-0.2, -0.15) is 0 Å². The molecule has 4 nitrogen and oxygen atoms in total. The highest BCUT2D eigenvalue weighted by Gasteiger charge is 2.21. The average Bonchev–Trinajstić information content (AvgIpc) is 2.57. The Labute approximate surface area is 134 Å². The van der Waals surface area contributed by atoms with Gasteiger partial charge in [-0.15, -0.1) is 0 Å². The predicted molar refractivity (Wildman–Crippen MR) is 85.4 cm³/mol. The van der Waals surface area contributed by atoms with Gasteiger partial charge in [-0.3, -0.25) is 9.78 Å². The number of hydrogen-bond acceptors (Lipinski definition) is 3. The summed E-state index contributed by atoms with van der Waals surface area (Å²) in [5.41, 5.74) is 1.79. The molecule has 0 saturated heterocycles. The van der Waals surface area contributed by atoms with Crippen LogP contribution in [0.4, 0.5) is 4.39 Å². The van der Waals surface area contributed by atoms with Crippen LogP contribution < -0.4 is 5.32 Å². The fraction of sp³-hybridized carbons (Fsp3) is 0.333. The van der Waals surface area contributed by atoms with Crippen molar-refractivity contribution in [1.82, 2.24) is 10.3 Å². The summed E-state index contributed by atoms with van der Waals surface area (Å²) in [4.78, 5) is 16.5. The van der Waals surface area contributed by atoms with Crippen LogP contribution in [-0.4, -0.2) is 28.1 Å². The topological polar surface area (TPSA) is 62.2 Å². The van der Waals surface area contributed by atoms with Gasteiger partial charge in [-0.05, 0) is 49.9 Å². The molecule has 0 spiro atoms. The van der Waals surface area contributed by atoms with Crippen molar-refractivity contribution >= 4 is 5.91 Å². The number of nitrogens with one attached hydrogen (secondary N) is 1. The number of amides is 1. The number of benzene rings is 1. The van der Waals surface area contributed by atoms with Gasteiger partial charge < -0.3 is 10.4 Å². The lowest BCUT2D eigenvalue weighted by Gasteiger charge is -2.26. The SMILES string of the molecule is O=C(N[C@H]1CC[C@H](O)CC1)c1ccc(-c2cccc(F)c2)nc1. The minimum Gasteiger partial charge on any atom is -0.393 e. The van der Waals surface area contributed by atoms with Gasteiger partial charge in [0.15, 0.2) is 0 Å². The lowest BCUT2D eigenvalue weighted by Crippen LogP contribution is -2.38. The van der Waals surface area contributed by atoms with Crippen LogP contribution in [0.1, 0.15) is 36.0 Å². The largest absolute Gasteiger partial charge is 0.393 e. The lowest BCUT2D eigenvalue weighted by molar-refractivity contribution is 0.0867. The Kier molecular flexibility index (Phi) is 4.67. The molecular weight excluding hydrogens is 295 g/mol. The molecule has 2 N–H and O–H groups in total. The number of halogens is 1. The second-order valence-electron chi connectivity index (χ2n) is 5.92.